The van der Waals surface area contributed by atoms with Crippen molar-refractivity contribution in [1.29, 1.82) is 0 Å². The van der Waals surface area contributed by atoms with Gasteiger partial charge in [0.05, 0.1) is 5.52 Å². The predicted octanol–water partition coefficient (Wildman–Crippen LogP) is 4.24. The van der Waals surface area contributed by atoms with Crippen LogP contribution in [0.25, 0.3) is 10.9 Å². The molecule has 1 aromatic heterocycles. The third-order valence-corrected chi connectivity index (χ3v) is 5.85. The molecular formula is C21H29IN4. The van der Waals surface area contributed by atoms with Gasteiger partial charge < -0.3 is 10.2 Å². The van der Waals surface area contributed by atoms with Crippen molar-refractivity contribution in [3.8, 4) is 0 Å². The van der Waals surface area contributed by atoms with E-state index in [4.69, 9.17) is 4.99 Å². The first-order chi connectivity index (χ1) is 12.3. The highest BCUT2D eigenvalue weighted by Gasteiger charge is 2.43. The maximum atomic E-state index is 4.93. The molecule has 1 spiro atoms. The van der Waals surface area contributed by atoms with Crippen LogP contribution in [-0.4, -0.2) is 42.0 Å². The molecule has 0 atom stereocenters. The Morgan fingerprint density at radius 2 is 2.08 bits per heavy atom. The zero-order valence-corrected chi connectivity index (χ0v) is 17.9. The fourth-order valence-corrected chi connectivity index (χ4v) is 4.28. The van der Waals surface area contributed by atoms with Gasteiger partial charge in [-0.3, -0.25) is 9.98 Å². The Kier molecular flexibility index (Phi) is 6.37. The lowest BCUT2D eigenvalue weighted by atomic mass is 9.68. The molecule has 1 saturated heterocycles. The summed E-state index contributed by atoms with van der Waals surface area (Å²) in [5, 5.41) is 4.70. The van der Waals surface area contributed by atoms with Crippen LogP contribution < -0.4 is 5.32 Å². The molecule has 0 amide bonds. The normalized spacial score (nSPS) is 18.7. The first-order valence-electron chi connectivity index (χ1n) is 9.66. The van der Waals surface area contributed by atoms with Gasteiger partial charge in [-0.2, -0.15) is 0 Å². The summed E-state index contributed by atoms with van der Waals surface area (Å²) in [5.41, 5.74) is 3.00. The fourth-order valence-electron chi connectivity index (χ4n) is 4.28. The molecule has 1 aliphatic carbocycles. The molecule has 1 saturated carbocycles. The molecule has 2 aliphatic rings. The van der Waals surface area contributed by atoms with Gasteiger partial charge in [0.25, 0.3) is 0 Å². The van der Waals surface area contributed by atoms with Gasteiger partial charge in [-0.25, -0.2) is 0 Å². The fraction of sp³-hybridized carbons (Fsp3) is 0.524. The Morgan fingerprint density at radius 3 is 2.81 bits per heavy atom. The second kappa shape index (κ2) is 8.55. The number of guanidine groups is 1. The predicted molar refractivity (Wildman–Crippen MR) is 119 cm³/mol. The quantitative estimate of drug-likeness (QED) is 0.418. The van der Waals surface area contributed by atoms with Crippen LogP contribution in [0.15, 0.2) is 41.5 Å². The summed E-state index contributed by atoms with van der Waals surface area (Å²) in [6.07, 6.45) is 8.37. The summed E-state index contributed by atoms with van der Waals surface area (Å²) >= 11 is 0. The van der Waals surface area contributed by atoms with Gasteiger partial charge in [0.1, 0.15) is 0 Å². The molecule has 26 heavy (non-hydrogen) atoms. The Morgan fingerprint density at radius 1 is 1.23 bits per heavy atom. The number of aliphatic imine (C=N–C) groups is 1. The van der Waals surface area contributed by atoms with Crippen molar-refractivity contribution in [3.63, 3.8) is 0 Å². The molecule has 5 heteroatoms. The smallest absolute Gasteiger partial charge is 0.193 e. The maximum Gasteiger partial charge on any atom is 0.193 e. The molecular weight excluding hydrogens is 435 g/mol. The molecule has 1 aromatic carbocycles. The van der Waals surface area contributed by atoms with E-state index in [1.54, 1.807) is 0 Å². The van der Waals surface area contributed by atoms with E-state index in [0.717, 1.165) is 37.5 Å². The Bertz CT molecular complexity index is 764. The van der Waals surface area contributed by atoms with Crippen molar-refractivity contribution in [1.82, 2.24) is 15.2 Å². The minimum absolute atomic E-state index is 0. The van der Waals surface area contributed by atoms with Gasteiger partial charge in [0.2, 0.25) is 0 Å². The lowest BCUT2D eigenvalue weighted by Gasteiger charge is -2.38. The number of nitrogens with zero attached hydrogens (tertiary/aromatic N) is 3. The monoisotopic (exact) mass is 464 g/mol. The van der Waals surface area contributed by atoms with Crippen molar-refractivity contribution in [2.75, 3.05) is 26.2 Å². The minimum atomic E-state index is 0. The van der Waals surface area contributed by atoms with Crippen LogP contribution in [0.1, 0.15) is 38.2 Å². The third kappa shape index (κ3) is 3.97. The first-order valence-corrected chi connectivity index (χ1v) is 9.66. The summed E-state index contributed by atoms with van der Waals surface area (Å²) in [5.74, 6) is 1.10. The molecule has 0 radical (unpaired) electrons. The van der Waals surface area contributed by atoms with Crippen LogP contribution in [-0.2, 0) is 6.42 Å². The van der Waals surface area contributed by atoms with E-state index in [1.165, 1.54) is 43.2 Å². The SMILES string of the molecule is CCNC(=NCCc1cccc2cccnc12)N1CCC2(CCC2)C1.I. The maximum absolute atomic E-state index is 4.93. The van der Waals surface area contributed by atoms with Crippen LogP contribution in [0.4, 0.5) is 0 Å². The molecule has 4 nitrogen and oxygen atoms in total. The van der Waals surface area contributed by atoms with E-state index in [2.05, 4.69) is 46.4 Å². The summed E-state index contributed by atoms with van der Waals surface area (Å²) in [6, 6.07) is 10.5. The second-order valence-electron chi connectivity index (χ2n) is 7.50. The average Bonchev–Trinajstić information content (AvgIpc) is 3.07. The largest absolute Gasteiger partial charge is 0.357 e. The highest BCUT2D eigenvalue weighted by atomic mass is 127. The minimum Gasteiger partial charge on any atom is -0.357 e. The number of rotatable bonds is 4. The standard InChI is InChI=1S/C21H28N4.HI/c1-2-22-20(25-15-12-21(16-25)10-5-11-21)24-14-9-18-7-3-6-17-8-4-13-23-19(17)18;/h3-4,6-8,13H,2,5,9-12,14-16H2,1H3,(H,22,24);1H. The molecule has 1 aliphatic heterocycles. The first kappa shape index (κ1) is 19.4. The number of hydrogen-bond donors (Lipinski definition) is 1. The molecule has 2 aromatic rings. The van der Waals surface area contributed by atoms with E-state index in [-0.39, 0.29) is 24.0 Å². The summed E-state index contributed by atoms with van der Waals surface area (Å²) in [6.45, 7) is 6.23. The highest BCUT2D eigenvalue weighted by Crippen LogP contribution is 2.47. The number of aromatic nitrogens is 1. The number of benzene rings is 1. The number of pyridine rings is 1. The van der Waals surface area contributed by atoms with Crippen molar-refractivity contribution in [3.05, 3.63) is 42.1 Å². The molecule has 0 bridgehead atoms. The van der Waals surface area contributed by atoms with Gasteiger partial charge in [-0.05, 0) is 49.7 Å². The Balaban J connectivity index is 0.00000196. The number of likely N-dealkylation sites (tertiary alicyclic amines) is 1. The third-order valence-electron chi connectivity index (χ3n) is 5.85. The van der Waals surface area contributed by atoms with Gasteiger partial charge in [0, 0.05) is 37.8 Å². The molecule has 4 rings (SSSR count). The number of para-hydroxylation sites is 1. The van der Waals surface area contributed by atoms with Gasteiger partial charge >= 0.3 is 0 Å². The van der Waals surface area contributed by atoms with Gasteiger partial charge in [-0.1, -0.05) is 30.7 Å². The summed E-state index contributed by atoms with van der Waals surface area (Å²) in [7, 11) is 0. The zero-order chi connectivity index (χ0) is 17.1. The summed E-state index contributed by atoms with van der Waals surface area (Å²) in [4.78, 5) is 12.0. The lowest BCUT2D eigenvalue weighted by molar-refractivity contribution is 0.151. The van der Waals surface area contributed by atoms with Gasteiger partial charge in [-0.15, -0.1) is 24.0 Å². The van der Waals surface area contributed by atoms with Crippen LogP contribution in [0.2, 0.25) is 0 Å². The van der Waals surface area contributed by atoms with E-state index < -0.39 is 0 Å². The van der Waals surface area contributed by atoms with Crippen LogP contribution in [0, 0.1) is 5.41 Å². The number of hydrogen-bond acceptors (Lipinski definition) is 2. The number of halogens is 1. The van der Waals surface area contributed by atoms with Crippen molar-refractivity contribution < 1.29 is 0 Å². The van der Waals surface area contributed by atoms with Gasteiger partial charge in [0.15, 0.2) is 5.96 Å². The van der Waals surface area contributed by atoms with Crippen LogP contribution in [0.5, 0.6) is 0 Å². The van der Waals surface area contributed by atoms with Crippen LogP contribution in [0.3, 0.4) is 0 Å². The van der Waals surface area contributed by atoms with E-state index in [1.807, 2.05) is 12.3 Å². The topological polar surface area (TPSA) is 40.5 Å². The van der Waals surface area contributed by atoms with E-state index >= 15 is 0 Å². The molecule has 1 N–H and O–H groups in total. The molecule has 140 valence electrons. The number of fused-ring (bicyclic) bond motifs is 1. The van der Waals surface area contributed by atoms with Crippen molar-refractivity contribution in [2.45, 2.75) is 39.0 Å². The Hall–Kier alpha value is -1.37. The van der Waals surface area contributed by atoms with Crippen molar-refractivity contribution >= 4 is 40.8 Å². The highest BCUT2D eigenvalue weighted by molar-refractivity contribution is 14.0. The summed E-state index contributed by atoms with van der Waals surface area (Å²) < 4.78 is 0. The average molecular weight is 464 g/mol. The van der Waals surface area contributed by atoms with E-state index in [0.29, 0.717) is 5.41 Å². The van der Waals surface area contributed by atoms with Crippen molar-refractivity contribution in [2.24, 2.45) is 10.4 Å². The zero-order valence-electron chi connectivity index (χ0n) is 15.6. The Labute approximate surface area is 173 Å². The molecule has 2 heterocycles. The lowest BCUT2D eigenvalue weighted by Crippen LogP contribution is -2.42. The van der Waals surface area contributed by atoms with E-state index in [9.17, 15) is 0 Å². The number of nitrogens with one attached hydrogen (secondary N) is 1. The second-order valence-corrected chi connectivity index (χ2v) is 7.50. The van der Waals surface area contributed by atoms with Crippen LogP contribution >= 0.6 is 24.0 Å². The molecule has 0 unspecified atom stereocenters. The molecule has 2 fully saturated rings.